The summed E-state index contributed by atoms with van der Waals surface area (Å²) in [4.78, 5) is 0. The molecule has 0 aliphatic rings. The van der Waals surface area contributed by atoms with Crippen LogP contribution in [0, 0.1) is 21.8 Å². The maximum atomic E-state index is 8.48. The van der Waals surface area contributed by atoms with Crippen LogP contribution < -0.4 is 0 Å². The zero-order valence-electron chi connectivity index (χ0n) is 6.26. The maximum Gasteiger partial charge on any atom is 0.0669 e. The summed E-state index contributed by atoms with van der Waals surface area (Å²) in [6, 6.07) is 8.31. The number of halogens is 1. The molecule has 2 heteroatoms. The molecular formula is C9H8IN. The second kappa shape index (κ2) is 3.72. The van der Waals surface area contributed by atoms with Gasteiger partial charge in [-0.2, -0.15) is 5.26 Å². The van der Waals surface area contributed by atoms with Gasteiger partial charge < -0.3 is 0 Å². The number of benzene rings is 1. The average Bonchev–Trinajstić information content (AvgIpc) is 1.98. The Hall–Kier alpha value is -0.560. The topological polar surface area (TPSA) is 23.8 Å². The lowest BCUT2D eigenvalue weighted by molar-refractivity contribution is 1.21. The second-order valence-electron chi connectivity index (χ2n) is 2.41. The van der Waals surface area contributed by atoms with E-state index in [1.54, 1.807) is 0 Å². The molecule has 0 heterocycles. The standard InChI is InChI=1S/C9H8IN/c1-7-2-3-9(10)6-8(7)4-5-11/h2-3,6H,4H2,1H3. The third kappa shape index (κ3) is 2.19. The van der Waals surface area contributed by atoms with Gasteiger partial charge in [-0.15, -0.1) is 0 Å². The third-order valence-corrected chi connectivity index (χ3v) is 2.25. The quantitative estimate of drug-likeness (QED) is 0.709. The summed E-state index contributed by atoms with van der Waals surface area (Å²) >= 11 is 2.25. The van der Waals surface area contributed by atoms with E-state index >= 15 is 0 Å². The smallest absolute Gasteiger partial charge is 0.0669 e. The Kier molecular flexibility index (Phi) is 2.89. The van der Waals surface area contributed by atoms with Gasteiger partial charge in [-0.3, -0.25) is 0 Å². The Morgan fingerprint density at radius 3 is 2.91 bits per heavy atom. The van der Waals surface area contributed by atoms with Crippen molar-refractivity contribution in [3.05, 3.63) is 32.9 Å². The van der Waals surface area contributed by atoms with Gasteiger partial charge in [0.05, 0.1) is 12.5 Å². The van der Waals surface area contributed by atoms with Crippen molar-refractivity contribution in [2.24, 2.45) is 0 Å². The predicted octanol–water partition coefficient (Wildman–Crippen LogP) is 2.67. The maximum absolute atomic E-state index is 8.48. The summed E-state index contributed by atoms with van der Waals surface area (Å²) in [6.45, 7) is 2.03. The predicted molar refractivity (Wildman–Crippen MR) is 53.2 cm³/mol. The van der Waals surface area contributed by atoms with Gasteiger partial charge in [0.25, 0.3) is 0 Å². The average molecular weight is 257 g/mol. The van der Waals surface area contributed by atoms with E-state index in [4.69, 9.17) is 5.26 Å². The Bertz CT molecular complexity index is 299. The van der Waals surface area contributed by atoms with E-state index in [2.05, 4.69) is 46.9 Å². The molecule has 0 atom stereocenters. The molecule has 1 nitrogen and oxygen atoms in total. The zero-order chi connectivity index (χ0) is 8.27. The zero-order valence-corrected chi connectivity index (χ0v) is 8.42. The highest BCUT2D eigenvalue weighted by atomic mass is 127. The first-order chi connectivity index (χ1) is 5.24. The van der Waals surface area contributed by atoms with Gasteiger partial charge in [0.2, 0.25) is 0 Å². The first kappa shape index (κ1) is 8.54. The monoisotopic (exact) mass is 257 g/mol. The van der Waals surface area contributed by atoms with Crippen LogP contribution in [0.3, 0.4) is 0 Å². The summed E-state index contributed by atoms with van der Waals surface area (Å²) in [5.74, 6) is 0. The highest BCUT2D eigenvalue weighted by molar-refractivity contribution is 14.1. The molecule has 0 N–H and O–H groups in total. The Morgan fingerprint density at radius 2 is 2.27 bits per heavy atom. The van der Waals surface area contributed by atoms with Crippen LogP contribution in [0.15, 0.2) is 18.2 Å². The first-order valence-corrected chi connectivity index (χ1v) is 4.44. The third-order valence-electron chi connectivity index (χ3n) is 1.58. The van der Waals surface area contributed by atoms with Gasteiger partial charge in [-0.05, 0) is 52.8 Å². The Morgan fingerprint density at radius 1 is 1.55 bits per heavy atom. The fourth-order valence-corrected chi connectivity index (χ4v) is 1.47. The molecule has 1 rings (SSSR count). The van der Waals surface area contributed by atoms with Crippen molar-refractivity contribution in [3.63, 3.8) is 0 Å². The van der Waals surface area contributed by atoms with Crippen LogP contribution in [-0.2, 0) is 6.42 Å². The van der Waals surface area contributed by atoms with E-state index in [9.17, 15) is 0 Å². The molecule has 0 unspecified atom stereocenters. The Labute approximate surface area is 80.2 Å². The highest BCUT2D eigenvalue weighted by Crippen LogP contribution is 2.12. The highest BCUT2D eigenvalue weighted by Gasteiger charge is 1.96. The molecule has 11 heavy (non-hydrogen) atoms. The number of nitrogens with zero attached hydrogens (tertiary/aromatic N) is 1. The second-order valence-corrected chi connectivity index (χ2v) is 3.65. The van der Waals surface area contributed by atoms with E-state index in [1.165, 1.54) is 9.13 Å². The molecule has 0 aliphatic carbocycles. The summed E-state index contributed by atoms with van der Waals surface area (Å²) in [5, 5.41) is 8.48. The molecule has 0 radical (unpaired) electrons. The molecular weight excluding hydrogens is 249 g/mol. The Balaban J connectivity index is 3.05. The minimum atomic E-state index is 0.517. The number of aryl methyl sites for hydroxylation is 1. The van der Waals surface area contributed by atoms with Crippen LogP contribution in [0.25, 0.3) is 0 Å². The summed E-state index contributed by atoms with van der Waals surface area (Å²) in [7, 11) is 0. The van der Waals surface area contributed by atoms with Gasteiger partial charge in [0.1, 0.15) is 0 Å². The lowest BCUT2D eigenvalue weighted by Gasteiger charge is -2.00. The van der Waals surface area contributed by atoms with Crippen molar-refractivity contribution < 1.29 is 0 Å². The molecule has 0 amide bonds. The van der Waals surface area contributed by atoms with Crippen LogP contribution in [-0.4, -0.2) is 0 Å². The summed E-state index contributed by atoms with van der Waals surface area (Å²) in [5.41, 5.74) is 2.34. The normalized spacial score (nSPS) is 9.18. The van der Waals surface area contributed by atoms with Crippen molar-refractivity contribution in [1.82, 2.24) is 0 Å². The fourth-order valence-electron chi connectivity index (χ4n) is 0.916. The van der Waals surface area contributed by atoms with Crippen molar-refractivity contribution in [3.8, 4) is 6.07 Å². The van der Waals surface area contributed by atoms with Crippen LogP contribution in [0.1, 0.15) is 11.1 Å². The van der Waals surface area contributed by atoms with E-state index in [0.717, 1.165) is 5.56 Å². The molecule has 0 fully saturated rings. The number of hydrogen-bond acceptors (Lipinski definition) is 1. The van der Waals surface area contributed by atoms with Crippen LogP contribution >= 0.6 is 22.6 Å². The molecule has 1 aromatic carbocycles. The molecule has 0 saturated heterocycles. The molecule has 1 aromatic rings. The van der Waals surface area contributed by atoms with Crippen molar-refractivity contribution in [2.45, 2.75) is 13.3 Å². The van der Waals surface area contributed by atoms with E-state index < -0.39 is 0 Å². The molecule has 0 saturated carbocycles. The van der Waals surface area contributed by atoms with Gasteiger partial charge in [-0.1, -0.05) is 6.07 Å². The lowest BCUT2D eigenvalue weighted by atomic mass is 10.1. The molecule has 56 valence electrons. The molecule has 0 bridgehead atoms. The number of rotatable bonds is 1. The first-order valence-electron chi connectivity index (χ1n) is 3.36. The largest absolute Gasteiger partial charge is 0.198 e. The van der Waals surface area contributed by atoms with Crippen LogP contribution in [0.2, 0.25) is 0 Å². The molecule has 0 aliphatic heterocycles. The summed E-state index contributed by atoms with van der Waals surface area (Å²) < 4.78 is 1.19. The van der Waals surface area contributed by atoms with Gasteiger partial charge in [-0.25, -0.2) is 0 Å². The molecule has 0 aromatic heterocycles. The van der Waals surface area contributed by atoms with E-state index in [0.29, 0.717) is 6.42 Å². The van der Waals surface area contributed by atoms with E-state index in [-0.39, 0.29) is 0 Å². The van der Waals surface area contributed by atoms with Crippen LogP contribution in [0.5, 0.6) is 0 Å². The molecule has 0 spiro atoms. The van der Waals surface area contributed by atoms with Crippen molar-refractivity contribution in [2.75, 3.05) is 0 Å². The SMILES string of the molecule is Cc1ccc(I)cc1CC#N. The minimum Gasteiger partial charge on any atom is -0.198 e. The summed E-state index contributed by atoms with van der Waals surface area (Å²) in [6.07, 6.45) is 0.517. The van der Waals surface area contributed by atoms with Crippen molar-refractivity contribution >= 4 is 22.6 Å². The number of hydrogen-bond donors (Lipinski definition) is 0. The van der Waals surface area contributed by atoms with Gasteiger partial charge in [0, 0.05) is 3.57 Å². The van der Waals surface area contributed by atoms with Crippen LogP contribution in [0.4, 0.5) is 0 Å². The number of nitriles is 1. The van der Waals surface area contributed by atoms with Gasteiger partial charge in [0.15, 0.2) is 0 Å². The van der Waals surface area contributed by atoms with Crippen molar-refractivity contribution in [1.29, 1.82) is 5.26 Å². The van der Waals surface area contributed by atoms with E-state index in [1.807, 2.05) is 6.92 Å². The lowest BCUT2D eigenvalue weighted by Crippen LogP contribution is -1.87. The van der Waals surface area contributed by atoms with Gasteiger partial charge >= 0.3 is 0 Å². The fraction of sp³-hybridized carbons (Fsp3) is 0.222. The minimum absolute atomic E-state index is 0.517.